The average molecular weight is 479 g/mol. The maximum atomic E-state index is 15.1. The number of hydrogen-bond donors (Lipinski definition) is 0. The van der Waals surface area contributed by atoms with Crippen LogP contribution in [-0.4, -0.2) is 6.61 Å². The minimum absolute atomic E-state index is 0.0944. The summed E-state index contributed by atoms with van der Waals surface area (Å²) in [6.07, 6.45) is 11.1. The predicted octanol–water partition coefficient (Wildman–Crippen LogP) is 9.47. The monoisotopic (exact) mass is 478 g/mol. The molecular formula is C31H33F3O. The fraction of sp³-hybridized carbons (Fsp3) is 0.355. The summed E-state index contributed by atoms with van der Waals surface area (Å²) in [5, 5.41) is 0. The van der Waals surface area contributed by atoms with E-state index in [0.29, 0.717) is 5.56 Å². The van der Waals surface area contributed by atoms with E-state index in [1.807, 2.05) is 24.3 Å². The van der Waals surface area contributed by atoms with Crippen molar-refractivity contribution in [3.05, 3.63) is 89.8 Å². The van der Waals surface area contributed by atoms with Crippen molar-refractivity contribution in [3.8, 4) is 28.0 Å². The van der Waals surface area contributed by atoms with E-state index >= 15 is 4.39 Å². The molecule has 0 unspecified atom stereocenters. The molecule has 0 heterocycles. The molecule has 0 aromatic heterocycles. The van der Waals surface area contributed by atoms with Gasteiger partial charge in [-0.3, -0.25) is 0 Å². The van der Waals surface area contributed by atoms with E-state index in [1.54, 1.807) is 25.1 Å². The average Bonchev–Trinajstić information content (AvgIpc) is 2.88. The highest BCUT2D eigenvalue weighted by Crippen LogP contribution is 2.39. The Balaban J connectivity index is 1.45. The molecule has 35 heavy (non-hydrogen) atoms. The fourth-order valence-corrected chi connectivity index (χ4v) is 5.16. The van der Waals surface area contributed by atoms with Gasteiger partial charge in [0.25, 0.3) is 0 Å². The summed E-state index contributed by atoms with van der Waals surface area (Å²) < 4.78 is 49.0. The van der Waals surface area contributed by atoms with Crippen LogP contribution < -0.4 is 4.74 Å². The zero-order valence-electron chi connectivity index (χ0n) is 20.5. The van der Waals surface area contributed by atoms with E-state index in [-0.39, 0.29) is 29.7 Å². The van der Waals surface area contributed by atoms with E-state index < -0.39 is 11.6 Å². The van der Waals surface area contributed by atoms with Gasteiger partial charge in [-0.05, 0) is 105 Å². The lowest BCUT2D eigenvalue weighted by molar-refractivity contribution is 0.308. The largest absolute Gasteiger partial charge is 0.491 e. The van der Waals surface area contributed by atoms with E-state index in [2.05, 4.69) is 19.1 Å². The normalized spacial score (nSPS) is 18.2. The standard InChI is InChI=1S/C31H33F3O/c1-3-5-6-7-21-8-10-23(11-9-21)26-17-16-25(20-28(26)32)22-12-14-24(15-13-22)27-18-19-29(35-4-2)31(34)30(27)33/h3,5,12-21,23H,4,6-11H2,1-2H3/b5-3+. The van der Waals surface area contributed by atoms with Crippen molar-refractivity contribution < 1.29 is 17.9 Å². The molecule has 1 aliphatic rings. The number of benzene rings is 3. The lowest BCUT2D eigenvalue weighted by atomic mass is 9.77. The van der Waals surface area contributed by atoms with Gasteiger partial charge in [-0.2, -0.15) is 4.39 Å². The summed E-state index contributed by atoms with van der Waals surface area (Å²) in [6, 6.07) is 15.5. The lowest BCUT2D eigenvalue weighted by Gasteiger charge is -2.29. The summed E-state index contributed by atoms with van der Waals surface area (Å²) in [5.41, 5.74) is 3.14. The van der Waals surface area contributed by atoms with Crippen molar-refractivity contribution in [2.75, 3.05) is 6.61 Å². The molecular weight excluding hydrogens is 445 g/mol. The molecule has 1 saturated carbocycles. The predicted molar refractivity (Wildman–Crippen MR) is 137 cm³/mol. The Bertz CT molecular complexity index is 1160. The molecule has 3 aromatic carbocycles. The summed E-state index contributed by atoms with van der Waals surface area (Å²) in [7, 11) is 0. The van der Waals surface area contributed by atoms with Gasteiger partial charge >= 0.3 is 0 Å². The second kappa shape index (κ2) is 11.6. The molecule has 0 aliphatic heterocycles. The molecule has 0 N–H and O–H groups in total. The minimum atomic E-state index is -0.988. The SMILES string of the molecule is C/C=C/CCC1CCC(c2ccc(-c3ccc(-c4ccc(OCC)c(F)c4F)cc3)cc2F)CC1. The Morgan fingerprint density at radius 2 is 1.51 bits per heavy atom. The van der Waals surface area contributed by atoms with Crippen molar-refractivity contribution in [1.82, 2.24) is 0 Å². The van der Waals surface area contributed by atoms with Crippen LogP contribution >= 0.6 is 0 Å². The molecule has 1 fully saturated rings. The van der Waals surface area contributed by atoms with E-state index in [1.165, 1.54) is 18.6 Å². The molecule has 1 aliphatic carbocycles. The molecule has 184 valence electrons. The van der Waals surface area contributed by atoms with Crippen LogP contribution in [0.4, 0.5) is 13.2 Å². The van der Waals surface area contributed by atoms with Gasteiger partial charge in [0.2, 0.25) is 5.82 Å². The molecule has 4 heteroatoms. The lowest BCUT2D eigenvalue weighted by Crippen LogP contribution is -2.14. The first-order chi connectivity index (χ1) is 17.0. The Hall–Kier alpha value is -3.01. The maximum Gasteiger partial charge on any atom is 0.201 e. The first-order valence-corrected chi connectivity index (χ1v) is 12.6. The molecule has 1 nitrogen and oxygen atoms in total. The van der Waals surface area contributed by atoms with E-state index in [0.717, 1.165) is 54.7 Å². The highest BCUT2D eigenvalue weighted by molar-refractivity contribution is 5.71. The van der Waals surface area contributed by atoms with Crippen molar-refractivity contribution in [2.24, 2.45) is 5.92 Å². The Morgan fingerprint density at radius 3 is 2.17 bits per heavy atom. The molecule has 0 bridgehead atoms. The van der Waals surface area contributed by atoms with Crippen molar-refractivity contribution in [1.29, 1.82) is 0 Å². The van der Waals surface area contributed by atoms with Crippen molar-refractivity contribution >= 4 is 0 Å². The van der Waals surface area contributed by atoms with Gasteiger partial charge in [0.1, 0.15) is 5.82 Å². The van der Waals surface area contributed by atoms with Crippen molar-refractivity contribution in [3.63, 3.8) is 0 Å². The van der Waals surface area contributed by atoms with Crippen LogP contribution in [0.5, 0.6) is 5.75 Å². The first-order valence-electron chi connectivity index (χ1n) is 12.6. The molecule has 0 saturated heterocycles. The van der Waals surface area contributed by atoms with E-state index in [9.17, 15) is 8.78 Å². The van der Waals surface area contributed by atoms with Crippen LogP contribution in [0.25, 0.3) is 22.3 Å². The molecule has 0 amide bonds. The zero-order valence-corrected chi connectivity index (χ0v) is 20.5. The van der Waals surface area contributed by atoms with Gasteiger partial charge in [0, 0.05) is 5.56 Å². The molecule has 4 rings (SSSR count). The Morgan fingerprint density at radius 1 is 0.829 bits per heavy atom. The second-order valence-corrected chi connectivity index (χ2v) is 9.35. The fourth-order valence-electron chi connectivity index (χ4n) is 5.16. The summed E-state index contributed by atoms with van der Waals surface area (Å²) >= 11 is 0. The third-order valence-electron chi connectivity index (χ3n) is 7.14. The number of ether oxygens (including phenoxy) is 1. The minimum Gasteiger partial charge on any atom is -0.491 e. The Kier molecular flexibility index (Phi) is 8.33. The smallest absolute Gasteiger partial charge is 0.201 e. The number of rotatable bonds is 8. The quantitative estimate of drug-likeness (QED) is 0.293. The maximum absolute atomic E-state index is 15.1. The van der Waals surface area contributed by atoms with Gasteiger partial charge in [-0.15, -0.1) is 0 Å². The summed E-state index contributed by atoms with van der Waals surface area (Å²) in [5.74, 6) is -1.15. The zero-order chi connectivity index (χ0) is 24.8. The van der Waals surface area contributed by atoms with Gasteiger partial charge in [0.15, 0.2) is 11.6 Å². The van der Waals surface area contributed by atoms with Gasteiger partial charge in [-0.1, -0.05) is 48.6 Å². The third kappa shape index (κ3) is 5.80. The molecule has 3 aromatic rings. The van der Waals surface area contributed by atoms with E-state index in [4.69, 9.17) is 4.74 Å². The highest BCUT2D eigenvalue weighted by Gasteiger charge is 2.24. The van der Waals surface area contributed by atoms with Crippen molar-refractivity contribution in [2.45, 2.75) is 58.3 Å². The molecule has 0 atom stereocenters. The van der Waals surface area contributed by atoms with Crippen LogP contribution in [0.3, 0.4) is 0 Å². The Labute approximate surface area is 206 Å². The number of hydrogen-bond acceptors (Lipinski definition) is 1. The van der Waals surface area contributed by atoms with Crippen LogP contribution in [0.2, 0.25) is 0 Å². The molecule has 0 radical (unpaired) electrons. The second-order valence-electron chi connectivity index (χ2n) is 9.35. The van der Waals surface area contributed by atoms with Gasteiger partial charge in [0.05, 0.1) is 6.61 Å². The van der Waals surface area contributed by atoms with Crippen LogP contribution in [0, 0.1) is 23.4 Å². The van der Waals surface area contributed by atoms with Crippen LogP contribution in [0.1, 0.15) is 63.9 Å². The highest BCUT2D eigenvalue weighted by atomic mass is 19.2. The summed E-state index contributed by atoms with van der Waals surface area (Å²) in [6.45, 7) is 4.04. The van der Waals surface area contributed by atoms with Gasteiger partial charge < -0.3 is 4.74 Å². The number of allylic oxidation sites excluding steroid dienone is 2. The van der Waals surface area contributed by atoms with Crippen LogP contribution in [0.15, 0.2) is 66.7 Å². The molecule has 0 spiro atoms. The number of halogens is 3. The first kappa shape index (κ1) is 25.1. The third-order valence-corrected chi connectivity index (χ3v) is 7.14. The topological polar surface area (TPSA) is 9.23 Å². The van der Waals surface area contributed by atoms with Gasteiger partial charge in [-0.25, -0.2) is 8.78 Å². The van der Waals surface area contributed by atoms with Crippen LogP contribution in [-0.2, 0) is 0 Å². The summed E-state index contributed by atoms with van der Waals surface area (Å²) in [4.78, 5) is 0.